The van der Waals surface area contributed by atoms with E-state index in [0.717, 1.165) is 75.5 Å². The van der Waals surface area contributed by atoms with Crippen LogP contribution in [-0.4, -0.2) is 37.2 Å². The summed E-state index contributed by atoms with van der Waals surface area (Å²) in [6.07, 6.45) is 39.5. The van der Waals surface area contributed by atoms with Gasteiger partial charge in [0.05, 0.1) is 0 Å². The smallest absolute Gasteiger partial charge is 0.306 e. The van der Waals surface area contributed by atoms with Crippen LogP contribution in [0, 0.1) is 17.8 Å². The van der Waals surface area contributed by atoms with E-state index in [9.17, 15) is 14.4 Å². The van der Waals surface area contributed by atoms with Crippen molar-refractivity contribution in [3.8, 4) is 0 Å². The van der Waals surface area contributed by atoms with Crippen LogP contribution < -0.4 is 0 Å². The Morgan fingerprint density at radius 2 is 0.518 bits per heavy atom. The minimum absolute atomic E-state index is 0.0657. The summed E-state index contributed by atoms with van der Waals surface area (Å²) >= 11 is 0. The summed E-state index contributed by atoms with van der Waals surface area (Å²) in [5, 5.41) is 0. The molecule has 0 heterocycles. The molecule has 0 aliphatic rings. The predicted octanol–water partition coefficient (Wildman–Crippen LogP) is 15.6. The molecule has 6 heteroatoms. The van der Waals surface area contributed by atoms with Crippen LogP contribution >= 0.6 is 0 Å². The van der Waals surface area contributed by atoms with E-state index in [1.54, 1.807) is 0 Å². The molecule has 0 aromatic heterocycles. The molecule has 0 N–H and O–H groups in total. The van der Waals surface area contributed by atoms with Crippen LogP contribution in [0.4, 0.5) is 0 Å². The molecule has 0 unspecified atom stereocenters. The summed E-state index contributed by atoms with van der Waals surface area (Å²) < 4.78 is 16.8. The van der Waals surface area contributed by atoms with E-state index in [4.69, 9.17) is 14.2 Å². The second kappa shape index (κ2) is 41.6. The molecule has 56 heavy (non-hydrogen) atoms. The maximum atomic E-state index is 12.8. The van der Waals surface area contributed by atoms with Crippen molar-refractivity contribution in [1.82, 2.24) is 0 Å². The van der Waals surface area contributed by atoms with Crippen molar-refractivity contribution in [1.29, 1.82) is 0 Å². The Kier molecular flexibility index (Phi) is 40.4. The molecule has 1 atom stereocenters. The zero-order valence-corrected chi connectivity index (χ0v) is 38.4. The van der Waals surface area contributed by atoms with Crippen molar-refractivity contribution < 1.29 is 28.6 Å². The lowest BCUT2D eigenvalue weighted by Gasteiger charge is -2.18. The number of hydrogen-bond donors (Lipinski definition) is 0. The fraction of sp³-hybridized carbons (Fsp3) is 0.940. The van der Waals surface area contributed by atoms with E-state index in [0.29, 0.717) is 19.3 Å². The average molecular weight is 793 g/mol. The summed E-state index contributed by atoms with van der Waals surface area (Å²) in [6.45, 7) is 13.6. The summed E-state index contributed by atoms with van der Waals surface area (Å²) in [5.41, 5.74) is 0. The average Bonchev–Trinajstić information content (AvgIpc) is 3.15. The lowest BCUT2D eigenvalue weighted by molar-refractivity contribution is -0.167. The highest BCUT2D eigenvalue weighted by molar-refractivity contribution is 5.71. The summed E-state index contributed by atoms with van der Waals surface area (Å²) in [6, 6.07) is 0. The molecule has 0 aliphatic heterocycles. The Morgan fingerprint density at radius 1 is 0.304 bits per heavy atom. The molecule has 0 radical (unpaired) electrons. The van der Waals surface area contributed by atoms with Gasteiger partial charge in [0.15, 0.2) is 6.10 Å². The van der Waals surface area contributed by atoms with Crippen LogP contribution in [0.25, 0.3) is 0 Å². The summed E-state index contributed by atoms with van der Waals surface area (Å²) in [5.74, 6) is 1.57. The summed E-state index contributed by atoms with van der Waals surface area (Å²) in [7, 11) is 0. The first-order valence-corrected chi connectivity index (χ1v) is 24.6. The lowest BCUT2D eigenvalue weighted by Crippen LogP contribution is -2.30. The molecular formula is C50H96O6. The van der Waals surface area contributed by atoms with Crippen molar-refractivity contribution in [2.24, 2.45) is 17.8 Å². The number of ether oxygens (including phenoxy) is 3. The Labute approximate surface area is 348 Å². The van der Waals surface area contributed by atoms with Gasteiger partial charge >= 0.3 is 17.9 Å². The number of unbranched alkanes of at least 4 members (excludes halogenated alkanes) is 26. The van der Waals surface area contributed by atoms with Gasteiger partial charge < -0.3 is 14.2 Å². The molecule has 0 saturated heterocycles. The van der Waals surface area contributed by atoms with Gasteiger partial charge in [0.2, 0.25) is 0 Å². The second-order valence-electron chi connectivity index (χ2n) is 18.5. The molecule has 0 rings (SSSR count). The van der Waals surface area contributed by atoms with E-state index < -0.39 is 6.10 Å². The molecule has 0 aromatic carbocycles. The fourth-order valence-corrected chi connectivity index (χ4v) is 7.41. The van der Waals surface area contributed by atoms with Crippen LogP contribution in [0.5, 0.6) is 0 Å². The normalized spacial score (nSPS) is 12.2. The van der Waals surface area contributed by atoms with Gasteiger partial charge in [-0.2, -0.15) is 0 Å². The number of carbonyl (C=O) groups is 3. The maximum Gasteiger partial charge on any atom is 0.306 e. The van der Waals surface area contributed by atoms with Gasteiger partial charge in [-0.15, -0.1) is 0 Å². The highest BCUT2D eigenvalue weighted by Crippen LogP contribution is 2.17. The van der Waals surface area contributed by atoms with Crippen LogP contribution in [-0.2, 0) is 28.6 Å². The van der Waals surface area contributed by atoms with Crippen molar-refractivity contribution in [2.45, 2.75) is 272 Å². The second-order valence-corrected chi connectivity index (χ2v) is 18.5. The van der Waals surface area contributed by atoms with Crippen molar-refractivity contribution >= 4 is 17.9 Å². The number of esters is 3. The zero-order chi connectivity index (χ0) is 41.3. The Hall–Kier alpha value is -1.59. The number of rotatable bonds is 43. The molecule has 0 spiro atoms. The van der Waals surface area contributed by atoms with Gasteiger partial charge in [-0.3, -0.25) is 14.4 Å². The number of carbonyl (C=O) groups excluding carboxylic acids is 3. The molecular weight excluding hydrogens is 697 g/mol. The van der Waals surface area contributed by atoms with Crippen molar-refractivity contribution in [2.75, 3.05) is 13.2 Å². The Morgan fingerprint density at radius 3 is 0.768 bits per heavy atom. The van der Waals surface area contributed by atoms with Gasteiger partial charge in [0.1, 0.15) is 13.2 Å². The van der Waals surface area contributed by atoms with Crippen LogP contribution in [0.3, 0.4) is 0 Å². The maximum absolute atomic E-state index is 12.8. The van der Waals surface area contributed by atoms with Crippen LogP contribution in [0.1, 0.15) is 266 Å². The first kappa shape index (κ1) is 54.4. The molecule has 0 fully saturated rings. The van der Waals surface area contributed by atoms with Gasteiger partial charge in [-0.1, -0.05) is 228 Å². The van der Waals surface area contributed by atoms with E-state index >= 15 is 0 Å². The molecule has 332 valence electrons. The van der Waals surface area contributed by atoms with Crippen molar-refractivity contribution in [3.63, 3.8) is 0 Å². The van der Waals surface area contributed by atoms with Gasteiger partial charge in [-0.25, -0.2) is 0 Å². The molecule has 0 aromatic rings. The predicted molar refractivity (Wildman–Crippen MR) is 238 cm³/mol. The topological polar surface area (TPSA) is 78.9 Å². The van der Waals surface area contributed by atoms with Gasteiger partial charge in [0.25, 0.3) is 0 Å². The van der Waals surface area contributed by atoms with Crippen LogP contribution in [0.15, 0.2) is 0 Å². The van der Waals surface area contributed by atoms with Gasteiger partial charge in [0, 0.05) is 19.3 Å². The zero-order valence-electron chi connectivity index (χ0n) is 38.4. The monoisotopic (exact) mass is 793 g/mol. The largest absolute Gasteiger partial charge is 0.462 e. The van der Waals surface area contributed by atoms with E-state index in [-0.39, 0.29) is 31.1 Å². The third kappa shape index (κ3) is 43.5. The van der Waals surface area contributed by atoms with E-state index in [1.807, 2.05) is 0 Å². The Balaban J connectivity index is 4.32. The highest BCUT2D eigenvalue weighted by Gasteiger charge is 2.19. The standard InChI is InChI=1S/C50H96O6/c1-44(2)36-30-24-18-13-9-7-8-10-16-22-29-35-41-50(53)56-47(43-55-49(52)40-34-28-23-17-20-26-32-38-46(5)6)42-54-48(51)39-33-27-21-15-12-11-14-19-25-31-37-45(3)4/h44-47H,7-43H2,1-6H3/t47-/m1/s1. The molecule has 0 bridgehead atoms. The summed E-state index contributed by atoms with van der Waals surface area (Å²) in [4.78, 5) is 37.8. The van der Waals surface area contributed by atoms with E-state index in [1.165, 1.54) is 148 Å². The van der Waals surface area contributed by atoms with Crippen molar-refractivity contribution in [3.05, 3.63) is 0 Å². The molecule has 0 saturated carbocycles. The van der Waals surface area contributed by atoms with E-state index in [2.05, 4.69) is 41.5 Å². The minimum atomic E-state index is -0.762. The number of hydrogen-bond acceptors (Lipinski definition) is 6. The third-order valence-corrected chi connectivity index (χ3v) is 11.1. The fourth-order valence-electron chi connectivity index (χ4n) is 7.41. The first-order chi connectivity index (χ1) is 27.1. The Bertz CT molecular complexity index is 868. The third-order valence-electron chi connectivity index (χ3n) is 11.1. The first-order valence-electron chi connectivity index (χ1n) is 24.6. The van der Waals surface area contributed by atoms with Gasteiger partial charge in [-0.05, 0) is 37.0 Å². The molecule has 0 amide bonds. The molecule has 6 nitrogen and oxygen atoms in total. The SMILES string of the molecule is CC(C)CCCCCCCCCCCCCCC(=O)O[C@H](COC(=O)CCCCCCCCCCCCC(C)C)COC(=O)CCCCCCCCCC(C)C. The molecule has 0 aliphatic carbocycles. The highest BCUT2D eigenvalue weighted by atomic mass is 16.6. The lowest BCUT2D eigenvalue weighted by atomic mass is 10.0. The van der Waals surface area contributed by atoms with Crippen LogP contribution in [0.2, 0.25) is 0 Å². The quantitative estimate of drug-likeness (QED) is 0.0348. The minimum Gasteiger partial charge on any atom is -0.462 e.